The van der Waals surface area contributed by atoms with E-state index in [1.807, 2.05) is 36.4 Å². The van der Waals surface area contributed by atoms with E-state index in [1.54, 1.807) is 0 Å². The number of rotatable bonds is 12. The van der Waals surface area contributed by atoms with Gasteiger partial charge in [0.15, 0.2) is 0 Å². The largest absolute Gasteiger partial charge is 0.352 e. The van der Waals surface area contributed by atoms with Gasteiger partial charge in [-0.1, -0.05) is 95.0 Å². The number of amides is 1. The number of carbonyl (C=O) groups excluding carboxylic acids is 1. The predicted molar refractivity (Wildman–Crippen MR) is 108 cm³/mol. The van der Waals surface area contributed by atoms with Crippen LogP contribution in [0.25, 0.3) is 10.8 Å². The summed E-state index contributed by atoms with van der Waals surface area (Å²) in [5.41, 5.74) is 0.755. The molecule has 0 spiro atoms. The predicted octanol–water partition coefficient (Wildman–Crippen LogP) is 6.49. The molecule has 2 nitrogen and oxygen atoms in total. The lowest BCUT2D eigenvalue weighted by molar-refractivity contribution is 0.0953. The second-order valence-electron chi connectivity index (χ2n) is 7.00. The van der Waals surface area contributed by atoms with E-state index in [0.29, 0.717) is 0 Å². The number of benzene rings is 2. The van der Waals surface area contributed by atoms with Crippen LogP contribution in [-0.4, -0.2) is 12.5 Å². The number of carbonyl (C=O) groups is 1. The zero-order valence-corrected chi connectivity index (χ0v) is 15.7. The minimum atomic E-state index is 0.0432. The monoisotopic (exact) mass is 339 g/mol. The lowest BCUT2D eigenvalue weighted by Crippen LogP contribution is -2.24. The summed E-state index contributed by atoms with van der Waals surface area (Å²) in [4.78, 5) is 12.2. The first-order valence-electron chi connectivity index (χ1n) is 10.1. The fraction of sp³-hybridized carbons (Fsp3) is 0.522. The van der Waals surface area contributed by atoms with E-state index in [0.717, 1.165) is 23.9 Å². The van der Waals surface area contributed by atoms with Gasteiger partial charge in [-0.3, -0.25) is 4.79 Å². The fourth-order valence-corrected chi connectivity index (χ4v) is 3.25. The summed E-state index contributed by atoms with van der Waals surface area (Å²) in [6.45, 7) is 3.04. The van der Waals surface area contributed by atoms with E-state index in [1.165, 1.54) is 63.2 Å². The summed E-state index contributed by atoms with van der Waals surface area (Å²) < 4.78 is 0. The van der Waals surface area contributed by atoms with Gasteiger partial charge in [0.25, 0.3) is 5.91 Å². The van der Waals surface area contributed by atoms with Gasteiger partial charge in [-0.2, -0.15) is 0 Å². The van der Waals surface area contributed by atoms with E-state index in [2.05, 4.69) is 18.3 Å². The third-order valence-corrected chi connectivity index (χ3v) is 4.83. The molecule has 0 bridgehead atoms. The van der Waals surface area contributed by atoms with Gasteiger partial charge in [0, 0.05) is 12.1 Å². The summed E-state index contributed by atoms with van der Waals surface area (Å²) in [6, 6.07) is 14.1. The molecule has 0 saturated heterocycles. The smallest absolute Gasteiger partial charge is 0.251 e. The van der Waals surface area contributed by atoms with Crippen LogP contribution in [0.2, 0.25) is 0 Å². The third-order valence-electron chi connectivity index (χ3n) is 4.83. The maximum absolute atomic E-state index is 12.2. The lowest BCUT2D eigenvalue weighted by atomic mass is 10.1. The molecule has 0 aliphatic carbocycles. The van der Waals surface area contributed by atoms with Gasteiger partial charge in [0.05, 0.1) is 0 Å². The van der Waals surface area contributed by atoms with Gasteiger partial charge < -0.3 is 5.32 Å². The Hall–Kier alpha value is -1.83. The van der Waals surface area contributed by atoms with Crippen LogP contribution in [0.3, 0.4) is 0 Å². The summed E-state index contributed by atoms with van der Waals surface area (Å²) in [5.74, 6) is 0.0432. The van der Waals surface area contributed by atoms with Crippen LogP contribution in [0.4, 0.5) is 0 Å². The molecule has 0 aromatic heterocycles. The molecule has 136 valence electrons. The molecular formula is C23H33NO. The first-order chi connectivity index (χ1) is 12.3. The maximum Gasteiger partial charge on any atom is 0.251 e. The molecule has 0 fully saturated rings. The molecule has 0 unspecified atom stereocenters. The highest BCUT2D eigenvalue weighted by molar-refractivity contribution is 5.98. The highest BCUT2D eigenvalue weighted by Gasteiger charge is 2.05. The van der Waals surface area contributed by atoms with Crippen molar-refractivity contribution in [1.29, 1.82) is 0 Å². The van der Waals surface area contributed by atoms with Crippen LogP contribution in [0, 0.1) is 0 Å². The van der Waals surface area contributed by atoms with Gasteiger partial charge in [0.1, 0.15) is 0 Å². The highest BCUT2D eigenvalue weighted by Crippen LogP contribution is 2.15. The van der Waals surface area contributed by atoms with Crippen molar-refractivity contribution in [3.8, 4) is 0 Å². The van der Waals surface area contributed by atoms with Crippen LogP contribution in [0.1, 0.15) is 81.5 Å². The van der Waals surface area contributed by atoms with E-state index >= 15 is 0 Å². The highest BCUT2D eigenvalue weighted by atomic mass is 16.1. The van der Waals surface area contributed by atoms with Crippen molar-refractivity contribution in [3.63, 3.8) is 0 Å². The quantitative estimate of drug-likeness (QED) is 0.440. The van der Waals surface area contributed by atoms with Crippen molar-refractivity contribution >= 4 is 16.7 Å². The van der Waals surface area contributed by atoms with Gasteiger partial charge >= 0.3 is 0 Å². The number of hydrogen-bond donors (Lipinski definition) is 1. The van der Waals surface area contributed by atoms with Crippen molar-refractivity contribution in [2.24, 2.45) is 0 Å². The molecular weight excluding hydrogens is 306 g/mol. The van der Waals surface area contributed by atoms with Crippen molar-refractivity contribution in [2.75, 3.05) is 6.54 Å². The van der Waals surface area contributed by atoms with Crippen molar-refractivity contribution in [1.82, 2.24) is 5.32 Å². The number of unbranched alkanes of at least 4 members (excludes halogenated alkanes) is 9. The van der Waals surface area contributed by atoms with Crippen molar-refractivity contribution < 1.29 is 4.79 Å². The first kappa shape index (κ1) is 19.5. The van der Waals surface area contributed by atoms with Crippen LogP contribution in [0.15, 0.2) is 42.5 Å². The van der Waals surface area contributed by atoms with E-state index in [4.69, 9.17) is 0 Å². The Morgan fingerprint density at radius 1 is 0.760 bits per heavy atom. The van der Waals surface area contributed by atoms with Crippen molar-refractivity contribution in [2.45, 2.75) is 71.1 Å². The Morgan fingerprint density at radius 2 is 1.36 bits per heavy atom. The van der Waals surface area contributed by atoms with Crippen LogP contribution < -0.4 is 5.32 Å². The Bertz CT molecular complexity index is 635. The second kappa shape index (κ2) is 11.7. The molecule has 1 amide bonds. The molecule has 0 aliphatic rings. The Labute approximate surface area is 153 Å². The minimum Gasteiger partial charge on any atom is -0.352 e. The Morgan fingerprint density at radius 3 is 2.04 bits per heavy atom. The summed E-state index contributed by atoms with van der Waals surface area (Å²) in [6.07, 6.45) is 13.2. The van der Waals surface area contributed by atoms with E-state index in [-0.39, 0.29) is 5.91 Å². The maximum atomic E-state index is 12.2. The SMILES string of the molecule is CCCCCCCCCCCCNC(=O)c1ccc2ccccc2c1. The van der Waals surface area contributed by atoms with Crippen LogP contribution in [-0.2, 0) is 0 Å². The summed E-state index contributed by atoms with van der Waals surface area (Å²) in [5, 5.41) is 5.34. The zero-order valence-electron chi connectivity index (χ0n) is 15.7. The van der Waals surface area contributed by atoms with Gasteiger partial charge in [-0.05, 0) is 29.3 Å². The van der Waals surface area contributed by atoms with E-state index < -0.39 is 0 Å². The Kier molecular flexibility index (Phi) is 9.11. The normalized spacial score (nSPS) is 10.9. The number of hydrogen-bond acceptors (Lipinski definition) is 1. The topological polar surface area (TPSA) is 29.1 Å². The third kappa shape index (κ3) is 7.29. The average molecular weight is 340 g/mol. The van der Waals surface area contributed by atoms with Gasteiger partial charge in [0.2, 0.25) is 0 Å². The van der Waals surface area contributed by atoms with Crippen LogP contribution in [0.5, 0.6) is 0 Å². The van der Waals surface area contributed by atoms with E-state index in [9.17, 15) is 4.79 Å². The molecule has 0 radical (unpaired) electrons. The summed E-state index contributed by atoms with van der Waals surface area (Å²) >= 11 is 0. The molecule has 1 N–H and O–H groups in total. The van der Waals surface area contributed by atoms with Crippen LogP contribution >= 0.6 is 0 Å². The molecule has 0 aliphatic heterocycles. The lowest BCUT2D eigenvalue weighted by Gasteiger charge is -2.07. The van der Waals surface area contributed by atoms with Gasteiger partial charge in [-0.25, -0.2) is 0 Å². The number of nitrogens with one attached hydrogen (secondary N) is 1. The standard InChI is InChI=1S/C23H33NO/c1-2-3-4-5-6-7-8-9-10-13-18-24-23(25)22-17-16-20-14-11-12-15-21(20)19-22/h11-12,14-17,19H,2-10,13,18H2,1H3,(H,24,25). The zero-order chi connectivity index (χ0) is 17.7. The molecule has 25 heavy (non-hydrogen) atoms. The molecule has 2 rings (SSSR count). The molecule has 0 heterocycles. The summed E-state index contributed by atoms with van der Waals surface area (Å²) in [7, 11) is 0. The first-order valence-corrected chi connectivity index (χ1v) is 10.1. The fourth-order valence-electron chi connectivity index (χ4n) is 3.25. The molecule has 2 aromatic carbocycles. The second-order valence-corrected chi connectivity index (χ2v) is 7.00. The molecule has 2 aromatic rings. The Balaban J connectivity index is 1.55. The molecule has 2 heteroatoms. The minimum absolute atomic E-state index is 0.0432. The average Bonchev–Trinajstić information content (AvgIpc) is 2.65. The van der Waals surface area contributed by atoms with Gasteiger partial charge in [-0.15, -0.1) is 0 Å². The number of fused-ring (bicyclic) bond motifs is 1. The van der Waals surface area contributed by atoms with Crippen molar-refractivity contribution in [3.05, 3.63) is 48.0 Å². The molecule has 0 atom stereocenters. The molecule has 0 saturated carbocycles.